The third kappa shape index (κ3) is 5.15. The molecule has 1 N–H and O–H groups in total. The van der Waals surface area contributed by atoms with Gasteiger partial charge < -0.3 is 5.11 Å². The molecule has 20 heavy (non-hydrogen) atoms. The van der Waals surface area contributed by atoms with Crippen LogP contribution >= 0.6 is 11.8 Å². The lowest BCUT2D eigenvalue weighted by Crippen LogP contribution is -2.44. The predicted octanol–water partition coefficient (Wildman–Crippen LogP) is 2.01. The lowest BCUT2D eigenvalue weighted by molar-refractivity contribution is -0.143. The monoisotopic (exact) mass is 301 g/mol. The SMILES string of the molecule is CC(C)(C)C(CCC(=O)O)CCN1C(=O)CSCC1=O. The zero-order chi connectivity index (χ0) is 15.3. The average Bonchev–Trinajstić information content (AvgIpc) is 2.30. The molecule has 1 aliphatic heterocycles. The summed E-state index contributed by atoms with van der Waals surface area (Å²) in [6, 6.07) is 0. The van der Waals surface area contributed by atoms with Gasteiger partial charge in [-0.05, 0) is 24.2 Å². The van der Waals surface area contributed by atoms with Crippen LogP contribution in [0, 0.1) is 11.3 Å². The highest BCUT2D eigenvalue weighted by atomic mass is 32.2. The van der Waals surface area contributed by atoms with Crippen LogP contribution in [0.2, 0.25) is 0 Å². The van der Waals surface area contributed by atoms with Crippen molar-refractivity contribution in [2.75, 3.05) is 18.1 Å². The van der Waals surface area contributed by atoms with Gasteiger partial charge in [0.1, 0.15) is 0 Å². The Hall–Kier alpha value is -1.04. The van der Waals surface area contributed by atoms with Crippen molar-refractivity contribution in [1.82, 2.24) is 4.90 Å². The van der Waals surface area contributed by atoms with Crippen LogP contribution in [0.1, 0.15) is 40.0 Å². The van der Waals surface area contributed by atoms with E-state index >= 15 is 0 Å². The van der Waals surface area contributed by atoms with Gasteiger partial charge in [0, 0.05) is 13.0 Å². The molecular weight excluding hydrogens is 278 g/mol. The number of carboxylic acid groups (broad SMARTS) is 1. The largest absolute Gasteiger partial charge is 0.481 e. The topological polar surface area (TPSA) is 74.7 Å². The molecule has 5 nitrogen and oxygen atoms in total. The highest BCUT2D eigenvalue weighted by molar-refractivity contribution is 8.00. The Kier molecular flexibility index (Phi) is 6.05. The molecule has 1 aliphatic rings. The normalized spacial score (nSPS) is 18.2. The number of nitrogens with zero attached hydrogens (tertiary/aromatic N) is 1. The number of hydrogen-bond acceptors (Lipinski definition) is 4. The summed E-state index contributed by atoms with van der Waals surface area (Å²) in [7, 11) is 0. The molecule has 2 amide bonds. The molecule has 0 aromatic heterocycles. The number of imide groups is 1. The smallest absolute Gasteiger partial charge is 0.303 e. The second-order valence-electron chi connectivity index (χ2n) is 6.22. The first-order valence-corrected chi connectivity index (χ1v) is 8.00. The maximum Gasteiger partial charge on any atom is 0.303 e. The van der Waals surface area contributed by atoms with Gasteiger partial charge >= 0.3 is 5.97 Å². The van der Waals surface area contributed by atoms with Gasteiger partial charge in [0.2, 0.25) is 11.8 Å². The van der Waals surface area contributed by atoms with Crippen molar-refractivity contribution in [2.45, 2.75) is 40.0 Å². The minimum absolute atomic E-state index is 0.0356. The molecule has 0 spiro atoms. The van der Waals surface area contributed by atoms with Crippen LogP contribution in [0.15, 0.2) is 0 Å². The molecule has 1 unspecified atom stereocenters. The standard InChI is InChI=1S/C14H23NO4S/c1-14(2,3)10(4-5-13(18)19)6-7-15-11(16)8-20-9-12(15)17/h10H,4-9H2,1-3H3,(H,18,19). The maximum atomic E-state index is 11.7. The number of carboxylic acids is 1. The van der Waals surface area contributed by atoms with Gasteiger partial charge in [-0.1, -0.05) is 20.8 Å². The van der Waals surface area contributed by atoms with E-state index in [1.807, 2.05) is 0 Å². The second-order valence-corrected chi connectivity index (χ2v) is 7.20. The Morgan fingerprint density at radius 1 is 1.25 bits per heavy atom. The van der Waals surface area contributed by atoms with Crippen molar-refractivity contribution in [3.05, 3.63) is 0 Å². The van der Waals surface area contributed by atoms with Crippen LogP contribution in [0.5, 0.6) is 0 Å². The van der Waals surface area contributed by atoms with Gasteiger partial charge in [-0.3, -0.25) is 19.3 Å². The van der Waals surface area contributed by atoms with Gasteiger partial charge in [0.25, 0.3) is 0 Å². The zero-order valence-electron chi connectivity index (χ0n) is 12.3. The Morgan fingerprint density at radius 3 is 2.25 bits per heavy atom. The minimum Gasteiger partial charge on any atom is -0.481 e. The van der Waals surface area contributed by atoms with E-state index < -0.39 is 5.97 Å². The van der Waals surface area contributed by atoms with Gasteiger partial charge in [0.05, 0.1) is 11.5 Å². The lowest BCUT2D eigenvalue weighted by atomic mass is 9.76. The van der Waals surface area contributed by atoms with Crippen LogP contribution in [-0.4, -0.2) is 45.8 Å². The summed E-state index contributed by atoms with van der Waals surface area (Å²) in [5, 5.41) is 8.81. The molecule has 1 saturated heterocycles. The fourth-order valence-electron chi connectivity index (χ4n) is 2.36. The van der Waals surface area contributed by atoms with Crippen molar-refractivity contribution in [1.29, 1.82) is 0 Å². The molecule has 0 radical (unpaired) electrons. The molecule has 0 bridgehead atoms. The molecule has 6 heteroatoms. The van der Waals surface area contributed by atoms with E-state index in [2.05, 4.69) is 20.8 Å². The van der Waals surface area contributed by atoms with Gasteiger partial charge in [-0.25, -0.2) is 0 Å². The van der Waals surface area contributed by atoms with E-state index in [1.54, 1.807) is 0 Å². The predicted molar refractivity (Wildman–Crippen MR) is 78.5 cm³/mol. The minimum atomic E-state index is -0.805. The molecule has 0 saturated carbocycles. The van der Waals surface area contributed by atoms with E-state index in [9.17, 15) is 14.4 Å². The number of amides is 2. The Bertz CT molecular complexity index is 373. The first kappa shape index (κ1) is 17.0. The Morgan fingerprint density at radius 2 is 1.80 bits per heavy atom. The first-order chi connectivity index (χ1) is 9.21. The molecule has 0 aromatic rings. The van der Waals surface area contributed by atoms with Gasteiger partial charge in [0.15, 0.2) is 0 Å². The van der Waals surface area contributed by atoms with Gasteiger partial charge in [-0.2, -0.15) is 0 Å². The van der Waals surface area contributed by atoms with E-state index in [0.29, 0.717) is 30.9 Å². The van der Waals surface area contributed by atoms with E-state index in [0.717, 1.165) is 0 Å². The van der Waals surface area contributed by atoms with Crippen LogP contribution in [0.3, 0.4) is 0 Å². The number of thioether (sulfide) groups is 1. The lowest BCUT2D eigenvalue weighted by Gasteiger charge is -2.33. The summed E-state index contributed by atoms with van der Waals surface area (Å²) in [5.41, 5.74) is -0.0356. The fraction of sp³-hybridized carbons (Fsp3) is 0.786. The number of hydrogen-bond donors (Lipinski definition) is 1. The molecule has 1 heterocycles. The Balaban J connectivity index is 2.59. The van der Waals surface area contributed by atoms with Crippen molar-refractivity contribution >= 4 is 29.5 Å². The van der Waals surface area contributed by atoms with Crippen LogP contribution in [-0.2, 0) is 14.4 Å². The van der Waals surface area contributed by atoms with Crippen LogP contribution in [0.4, 0.5) is 0 Å². The van der Waals surface area contributed by atoms with E-state index in [4.69, 9.17) is 5.11 Å². The molecule has 0 aromatic carbocycles. The molecule has 1 rings (SSSR count). The molecule has 114 valence electrons. The Labute approximate surface area is 124 Å². The van der Waals surface area contributed by atoms with Crippen molar-refractivity contribution in [3.8, 4) is 0 Å². The highest BCUT2D eigenvalue weighted by Gasteiger charge is 2.30. The fourth-order valence-corrected chi connectivity index (χ4v) is 3.13. The van der Waals surface area contributed by atoms with Crippen molar-refractivity contribution in [3.63, 3.8) is 0 Å². The van der Waals surface area contributed by atoms with Gasteiger partial charge in [-0.15, -0.1) is 11.8 Å². The number of aliphatic carboxylic acids is 1. The summed E-state index contributed by atoms with van der Waals surface area (Å²) < 4.78 is 0. The summed E-state index contributed by atoms with van der Waals surface area (Å²) >= 11 is 1.35. The molecule has 0 aliphatic carbocycles. The summed E-state index contributed by atoms with van der Waals surface area (Å²) in [6.45, 7) is 6.60. The summed E-state index contributed by atoms with van der Waals surface area (Å²) in [6.07, 6.45) is 1.36. The van der Waals surface area contributed by atoms with Crippen molar-refractivity contribution in [2.24, 2.45) is 11.3 Å². The average molecular weight is 301 g/mol. The second kappa shape index (κ2) is 7.11. The van der Waals surface area contributed by atoms with E-state index in [-0.39, 0.29) is 29.6 Å². The summed E-state index contributed by atoms with van der Waals surface area (Å²) in [5.74, 6) is -0.161. The van der Waals surface area contributed by atoms with Crippen LogP contribution in [0.25, 0.3) is 0 Å². The number of rotatable bonds is 6. The zero-order valence-corrected chi connectivity index (χ0v) is 13.2. The van der Waals surface area contributed by atoms with Crippen LogP contribution < -0.4 is 0 Å². The number of carbonyl (C=O) groups excluding carboxylic acids is 2. The molecule has 1 atom stereocenters. The highest BCUT2D eigenvalue weighted by Crippen LogP contribution is 2.33. The third-order valence-electron chi connectivity index (χ3n) is 3.69. The first-order valence-electron chi connectivity index (χ1n) is 6.84. The molecular formula is C14H23NO4S. The van der Waals surface area contributed by atoms with E-state index in [1.165, 1.54) is 16.7 Å². The summed E-state index contributed by atoms with van der Waals surface area (Å²) in [4.78, 5) is 35.5. The third-order valence-corrected chi connectivity index (χ3v) is 4.59. The quantitative estimate of drug-likeness (QED) is 0.760. The van der Waals surface area contributed by atoms with Crippen molar-refractivity contribution < 1.29 is 19.5 Å². The maximum absolute atomic E-state index is 11.7. The number of carbonyl (C=O) groups is 3. The molecule has 1 fully saturated rings.